The summed E-state index contributed by atoms with van der Waals surface area (Å²) in [4.78, 5) is 45.2. The summed E-state index contributed by atoms with van der Waals surface area (Å²) in [6, 6.07) is 13.8. The summed E-state index contributed by atoms with van der Waals surface area (Å²) in [6.07, 6.45) is 0.117. The van der Waals surface area contributed by atoms with Crippen LogP contribution in [0.3, 0.4) is 0 Å². The van der Waals surface area contributed by atoms with E-state index in [0.29, 0.717) is 24.4 Å². The molecule has 3 heterocycles. The van der Waals surface area contributed by atoms with Crippen molar-refractivity contribution in [2.75, 3.05) is 46.1 Å². The molecule has 1 saturated heterocycles. The molecule has 1 atom stereocenters. The fraction of sp³-hybridized carbons (Fsp3) is 0.433. The standard InChI is InChI=1S/C30H35N3O6/c1-4-37-30(36)29-21(3)33(27(34)16-24(29)23-7-5-6-20(2)14-23)18-28(35)32-12-10-31(11-13-32)17-22-8-9-25-26(15-22)39-19-38-25/h5-9,14-15,24H,4,10-13,16-19H2,1-3H3. The number of ether oxygens (including phenoxy) is 3. The molecule has 1 fully saturated rings. The highest BCUT2D eigenvalue weighted by Crippen LogP contribution is 2.37. The normalized spacial score (nSPS) is 19.5. The molecule has 0 spiro atoms. The second-order valence-electron chi connectivity index (χ2n) is 10.2. The molecule has 206 valence electrons. The zero-order chi connectivity index (χ0) is 27.5. The van der Waals surface area contributed by atoms with E-state index in [-0.39, 0.29) is 38.2 Å². The first kappa shape index (κ1) is 26.7. The number of carbonyl (C=O) groups excluding carboxylic acids is 3. The molecule has 3 aliphatic heterocycles. The van der Waals surface area contributed by atoms with Gasteiger partial charge in [-0.3, -0.25) is 14.5 Å². The number of carbonyl (C=O) groups is 3. The van der Waals surface area contributed by atoms with Gasteiger partial charge in [0.25, 0.3) is 0 Å². The van der Waals surface area contributed by atoms with E-state index < -0.39 is 11.9 Å². The molecule has 1 unspecified atom stereocenters. The van der Waals surface area contributed by atoms with Gasteiger partial charge in [0.05, 0.1) is 12.2 Å². The first-order valence-electron chi connectivity index (χ1n) is 13.5. The molecule has 3 aliphatic rings. The Kier molecular flexibility index (Phi) is 7.88. The van der Waals surface area contributed by atoms with E-state index in [4.69, 9.17) is 14.2 Å². The molecule has 0 aromatic heterocycles. The summed E-state index contributed by atoms with van der Waals surface area (Å²) in [6.45, 7) is 9.24. The number of amides is 2. The highest BCUT2D eigenvalue weighted by atomic mass is 16.7. The number of nitrogens with zero attached hydrogens (tertiary/aromatic N) is 3. The molecule has 9 heteroatoms. The monoisotopic (exact) mass is 533 g/mol. The third kappa shape index (κ3) is 5.78. The number of piperazine rings is 1. The minimum absolute atomic E-state index is 0.0870. The van der Waals surface area contributed by atoms with Crippen molar-refractivity contribution in [3.63, 3.8) is 0 Å². The second kappa shape index (κ2) is 11.5. The minimum atomic E-state index is -0.441. The van der Waals surface area contributed by atoms with Gasteiger partial charge in [-0.25, -0.2) is 4.79 Å². The number of fused-ring (bicyclic) bond motifs is 1. The topological polar surface area (TPSA) is 88.6 Å². The molecule has 0 N–H and O–H groups in total. The highest BCUT2D eigenvalue weighted by molar-refractivity contribution is 5.97. The first-order valence-corrected chi connectivity index (χ1v) is 13.5. The average Bonchev–Trinajstić information content (AvgIpc) is 3.39. The van der Waals surface area contributed by atoms with Crippen LogP contribution in [0.25, 0.3) is 0 Å². The van der Waals surface area contributed by atoms with E-state index in [1.54, 1.807) is 18.7 Å². The van der Waals surface area contributed by atoms with E-state index in [1.807, 2.05) is 49.4 Å². The van der Waals surface area contributed by atoms with Crippen molar-refractivity contribution < 1.29 is 28.6 Å². The van der Waals surface area contributed by atoms with Gasteiger partial charge in [-0.2, -0.15) is 0 Å². The number of allylic oxidation sites excluding steroid dienone is 1. The van der Waals surface area contributed by atoms with Gasteiger partial charge in [-0.05, 0) is 44.0 Å². The second-order valence-corrected chi connectivity index (χ2v) is 10.2. The van der Waals surface area contributed by atoms with Crippen LogP contribution in [0.4, 0.5) is 0 Å². The van der Waals surface area contributed by atoms with Crippen LogP contribution in [-0.2, 0) is 25.7 Å². The van der Waals surface area contributed by atoms with E-state index >= 15 is 0 Å². The Morgan fingerprint density at radius 1 is 1.00 bits per heavy atom. The van der Waals surface area contributed by atoms with Crippen LogP contribution >= 0.6 is 0 Å². The molecule has 2 aromatic rings. The Hall–Kier alpha value is -3.85. The number of rotatable bonds is 7. The van der Waals surface area contributed by atoms with Crippen LogP contribution < -0.4 is 9.47 Å². The van der Waals surface area contributed by atoms with Crippen molar-refractivity contribution in [1.29, 1.82) is 0 Å². The molecule has 0 bridgehead atoms. The summed E-state index contributed by atoms with van der Waals surface area (Å²) >= 11 is 0. The fourth-order valence-electron chi connectivity index (χ4n) is 5.54. The molecule has 9 nitrogen and oxygen atoms in total. The predicted octanol–water partition coefficient (Wildman–Crippen LogP) is 3.22. The summed E-state index contributed by atoms with van der Waals surface area (Å²) < 4.78 is 16.2. The molecule has 5 rings (SSSR count). The smallest absolute Gasteiger partial charge is 0.336 e. The number of benzene rings is 2. The molecule has 39 heavy (non-hydrogen) atoms. The van der Waals surface area contributed by atoms with Crippen molar-refractivity contribution >= 4 is 17.8 Å². The number of hydrogen-bond acceptors (Lipinski definition) is 7. The zero-order valence-electron chi connectivity index (χ0n) is 22.8. The predicted molar refractivity (Wildman–Crippen MR) is 144 cm³/mol. The molecule has 0 saturated carbocycles. The van der Waals surface area contributed by atoms with Crippen LogP contribution in [0.5, 0.6) is 11.5 Å². The quantitative estimate of drug-likeness (QED) is 0.505. The largest absolute Gasteiger partial charge is 0.463 e. The van der Waals surface area contributed by atoms with Crippen LogP contribution in [0.1, 0.15) is 42.9 Å². The lowest BCUT2D eigenvalue weighted by Crippen LogP contribution is -2.52. The van der Waals surface area contributed by atoms with E-state index in [9.17, 15) is 14.4 Å². The van der Waals surface area contributed by atoms with Crippen molar-refractivity contribution in [3.05, 3.63) is 70.4 Å². The van der Waals surface area contributed by atoms with Gasteiger partial charge in [-0.15, -0.1) is 0 Å². The van der Waals surface area contributed by atoms with E-state index in [2.05, 4.69) is 4.90 Å². The van der Waals surface area contributed by atoms with Gasteiger partial charge in [0.2, 0.25) is 18.6 Å². The van der Waals surface area contributed by atoms with E-state index in [0.717, 1.165) is 47.8 Å². The van der Waals surface area contributed by atoms with Gasteiger partial charge in [0, 0.05) is 50.8 Å². The fourth-order valence-corrected chi connectivity index (χ4v) is 5.54. The zero-order valence-corrected chi connectivity index (χ0v) is 22.8. The van der Waals surface area contributed by atoms with Gasteiger partial charge in [0.15, 0.2) is 11.5 Å². The van der Waals surface area contributed by atoms with Gasteiger partial charge < -0.3 is 24.0 Å². The maximum Gasteiger partial charge on any atom is 0.336 e. The van der Waals surface area contributed by atoms with E-state index in [1.165, 1.54) is 4.90 Å². The Balaban J connectivity index is 1.25. The Morgan fingerprint density at radius 2 is 1.77 bits per heavy atom. The van der Waals surface area contributed by atoms with Gasteiger partial charge in [-0.1, -0.05) is 35.9 Å². The van der Waals surface area contributed by atoms with Crippen LogP contribution in [0.15, 0.2) is 53.7 Å². The Labute approximate surface area is 228 Å². The lowest BCUT2D eigenvalue weighted by Gasteiger charge is -2.38. The molecule has 2 amide bonds. The lowest BCUT2D eigenvalue weighted by molar-refractivity contribution is -0.143. The molecule has 0 aliphatic carbocycles. The van der Waals surface area contributed by atoms with Crippen molar-refractivity contribution in [2.45, 2.75) is 39.7 Å². The SMILES string of the molecule is CCOC(=O)C1=C(C)N(CC(=O)N2CCN(Cc3ccc4c(c3)OCO4)CC2)C(=O)CC1c1cccc(C)c1. The summed E-state index contributed by atoms with van der Waals surface area (Å²) in [7, 11) is 0. The Morgan fingerprint density at radius 3 is 2.51 bits per heavy atom. The molecular weight excluding hydrogens is 498 g/mol. The van der Waals surface area contributed by atoms with Gasteiger partial charge in [0.1, 0.15) is 6.54 Å². The number of aryl methyl sites for hydroxylation is 1. The molecule has 0 radical (unpaired) electrons. The number of hydrogen-bond donors (Lipinski definition) is 0. The maximum absolute atomic E-state index is 13.3. The third-order valence-corrected chi connectivity index (χ3v) is 7.62. The van der Waals surface area contributed by atoms with Gasteiger partial charge >= 0.3 is 5.97 Å². The first-order chi connectivity index (χ1) is 18.8. The van der Waals surface area contributed by atoms with Crippen molar-refractivity contribution in [3.8, 4) is 11.5 Å². The summed E-state index contributed by atoms with van der Waals surface area (Å²) in [5.74, 6) is 0.403. The number of esters is 1. The average molecular weight is 534 g/mol. The maximum atomic E-state index is 13.3. The minimum Gasteiger partial charge on any atom is -0.463 e. The van der Waals surface area contributed by atoms with Crippen molar-refractivity contribution in [1.82, 2.24) is 14.7 Å². The van der Waals surface area contributed by atoms with Crippen LogP contribution in [0, 0.1) is 6.92 Å². The molecule has 2 aromatic carbocycles. The Bertz CT molecular complexity index is 1300. The lowest BCUT2D eigenvalue weighted by atomic mass is 9.83. The highest BCUT2D eigenvalue weighted by Gasteiger charge is 2.38. The summed E-state index contributed by atoms with van der Waals surface area (Å²) in [5.41, 5.74) is 4.02. The summed E-state index contributed by atoms with van der Waals surface area (Å²) in [5, 5.41) is 0. The van der Waals surface area contributed by atoms with Crippen LogP contribution in [0.2, 0.25) is 0 Å². The third-order valence-electron chi connectivity index (χ3n) is 7.62. The molecular formula is C30H35N3O6. The van der Waals surface area contributed by atoms with Crippen molar-refractivity contribution in [2.24, 2.45) is 0 Å². The van der Waals surface area contributed by atoms with Crippen LogP contribution in [-0.4, -0.2) is 78.6 Å².